The first kappa shape index (κ1) is 15.7. The highest BCUT2D eigenvalue weighted by molar-refractivity contribution is 6.35. The van der Waals surface area contributed by atoms with Crippen LogP contribution in [0.5, 0.6) is 0 Å². The molecule has 114 valence electrons. The molecule has 0 aliphatic carbocycles. The molecule has 1 aromatic carbocycles. The summed E-state index contributed by atoms with van der Waals surface area (Å²) in [5, 5.41) is 10.8. The molecule has 7 heteroatoms. The van der Waals surface area contributed by atoms with Crippen molar-refractivity contribution in [3.63, 3.8) is 0 Å². The van der Waals surface area contributed by atoms with Crippen molar-refractivity contribution < 1.29 is 9.72 Å². The molecule has 1 amide bonds. The topological polar surface area (TPSA) is 66.7 Å². The van der Waals surface area contributed by atoms with Gasteiger partial charge in [0.2, 0.25) is 0 Å². The van der Waals surface area contributed by atoms with Crippen LogP contribution in [0.2, 0.25) is 5.02 Å². The zero-order valence-corrected chi connectivity index (χ0v) is 12.8. The lowest BCUT2D eigenvalue weighted by atomic mass is 10.1. The molecule has 2 rings (SSSR count). The summed E-state index contributed by atoms with van der Waals surface area (Å²) < 4.78 is 0. The van der Waals surface area contributed by atoms with Crippen LogP contribution in [0.4, 0.5) is 5.69 Å². The first-order valence-electron chi connectivity index (χ1n) is 6.92. The van der Waals surface area contributed by atoms with Gasteiger partial charge in [0.05, 0.1) is 10.5 Å². The second-order valence-electron chi connectivity index (χ2n) is 5.12. The lowest BCUT2D eigenvalue weighted by Gasteiger charge is -2.39. The van der Waals surface area contributed by atoms with Gasteiger partial charge in [-0.3, -0.25) is 19.8 Å². The zero-order chi connectivity index (χ0) is 15.6. The highest BCUT2D eigenvalue weighted by Crippen LogP contribution is 2.29. The molecular weight excluding hydrogens is 294 g/mol. The van der Waals surface area contributed by atoms with E-state index in [1.54, 1.807) is 4.90 Å². The number of halogens is 1. The molecule has 1 unspecified atom stereocenters. The molecular formula is C14H18ClN3O3. The van der Waals surface area contributed by atoms with Crippen molar-refractivity contribution in [3.05, 3.63) is 38.9 Å². The number of nitro benzene ring substituents is 1. The van der Waals surface area contributed by atoms with Gasteiger partial charge in [0.25, 0.3) is 11.6 Å². The van der Waals surface area contributed by atoms with E-state index < -0.39 is 4.92 Å². The fraction of sp³-hybridized carbons (Fsp3) is 0.500. The monoisotopic (exact) mass is 311 g/mol. The highest BCUT2D eigenvalue weighted by Gasteiger charge is 2.29. The summed E-state index contributed by atoms with van der Waals surface area (Å²) in [7, 11) is 0. The Kier molecular flexibility index (Phi) is 4.80. The predicted molar refractivity (Wildman–Crippen MR) is 80.7 cm³/mol. The van der Waals surface area contributed by atoms with Gasteiger partial charge in [0.15, 0.2) is 0 Å². The van der Waals surface area contributed by atoms with Gasteiger partial charge in [-0.15, -0.1) is 0 Å². The molecule has 1 aliphatic heterocycles. The molecule has 0 aromatic heterocycles. The Balaban J connectivity index is 2.22. The zero-order valence-electron chi connectivity index (χ0n) is 12.1. The number of amides is 1. The standard InChI is InChI=1S/C14H18ClN3O3/c1-3-16-7-8-17(9-10(16)2)14(19)11-5-4-6-12(13(11)15)18(20)21/h4-6,10H,3,7-9H2,1-2H3. The third-order valence-corrected chi connectivity index (χ3v) is 4.26. The molecule has 0 radical (unpaired) electrons. The molecule has 0 spiro atoms. The van der Waals surface area contributed by atoms with Gasteiger partial charge in [-0.25, -0.2) is 0 Å². The van der Waals surface area contributed by atoms with Crippen LogP contribution in [0.1, 0.15) is 24.2 Å². The Morgan fingerprint density at radius 1 is 1.48 bits per heavy atom. The number of hydrogen-bond donors (Lipinski definition) is 0. The first-order valence-corrected chi connectivity index (χ1v) is 7.29. The van der Waals surface area contributed by atoms with Gasteiger partial charge in [0, 0.05) is 31.7 Å². The number of likely N-dealkylation sites (N-methyl/N-ethyl adjacent to an activating group) is 1. The van der Waals surface area contributed by atoms with Crippen LogP contribution < -0.4 is 0 Å². The van der Waals surface area contributed by atoms with Crippen molar-refractivity contribution in [1.29, 1.82) is 0 Å². The van der Waals surface area contributed by atoms with Crippen molar-refractivity contribution in [1.82, 2.24) is 9.80 Å². The Bertz CT molecular complexity index is 564. The first-order chi connectivity index (χ1) is 9.95. The van der Waals surface area contributed by atoms with E-state index in [9.17, 15) is 14.9 Å². The Morgan fingerprint density at radius 2 is 2.19 bits per heavy atom. The van der Waals surface area contributed by atoms with E-state index in [0.717, 1.165) is 13.1 Å². The maximum atomic E-state index is 12.5. The smallest absolute Gasteiger partial charge is 0.288 e. The van der Waals surface area contributed by atoms with E-state index >= 15 is 0 Å². The van der Waals surface area contributed by atoms with Gasteiger partial charge in [-0.2, -0.15) is 0 Å². The Labute approximate surface area is 128 Å². The average molecular weight is 312 g/mol. The van der Waals surface area contributed by atoms with Gasteiger partial charge in [-0.1, -0.05) is 24.6 Å². The minimum absolute atomic E-state index is 0.0851. The summed E-state index contributed by atoms with van der Waals surface area (Å²) in [5.41, 5.74) is -0.0363. The summed E-state index contributed by atoms with van der Waals surface area (Å²) >= 11 is 6.01. The lowest BCUT2D eigenvalue weighted by Crippen LogP contribution is -2.53. The fourth-order valence-electron chi connectivity index (χ4n) is 2.65. The SMILES string of the molecule is CCN1CCN(C(=O)c2cccc([N+](=O)[O-])c2Cl)CC1C. The summed E-state index contributed by atoms with van der Waals surface area (Å²) in [5.74, 6) is -0.244. The average Bonchev–Trinajstić information content (AvgIpc) is 2.46. The number of carbonyl (C=O) groups is 1. The molecule has 1 heterocycles. The van der Waals surface area contributed by atoms with Crippen LogP contribution in [0.15, 0.2) is 18.2 Å². The molecule has 1 aromatic rings. The van der Waals surface area contributed by atoms with Gasteiger partial charge in [-0.05, 0) is 19.5 Å². The third-order valence-electron chi connectivity index (χ3n) is 3.86. The van der Waals surface area contributed by atoms with Crippen molar-refractivity contribution in [2.45, 2.75) is 19.9 Å². The summed E-state index contributed by atoms with van der Waals surface area (Å²) in [6, 6.07) is 4.60. The lowest BCUT2D eigenvalue weighted by molar-refractivity contribution is -0.384. The molecule has 0 N–H and O–H groups in total. The van der Waals surface area contributed by atoms with Crippen molar-refractivity contribution in [2.24, 2.45) is 0 Å². The van der Waals surface area contributed by atoms with Crippen LogP contribution in [0, 0.1) is 10.1 Å². The van der Waals surface area contributed by atoms with Crippen LogP contribution in [-0.4, -0.2) is 52.9 Å². The van der Waals surface area contributed by atoms with Crippen molar-refractivity contribution >= 4 is 23.2 Å². The fourth-order valence-corrected chi connectivity index (χ4v) is 2.92. The Hall–Kier alpha value is -1.66. The van der Waals surface area contributed by atoms with E-state index in [-0.39, 0.29) is 28.2 Å². The number of rotatable bonds is 3. The second-order valence-corrected chi connectivity index (χ2v) is 5.50. The minimum atomic E-state index is -0.573. The van der Waals surface area contributed by atoms with Crippen molar-refractivity contribution in [2.75, 3.05) is 26.2 Å². The van der Waals surface area contributed by atoms with Crippen LogP contribution in [0.25, 0.3) is 0 Å². The number of piperazine rings is 1. The normalized spacial score (nSPS) is 19.6. The van der Waals surface area contributed by atoms with E-state index in [2.05, 4.69) is 18.7 Å². The van der Waals surface area contributed by atoms with Crippen LogP contribution in [-0.2, 0) is 0 Å². The van der Waals surface area contributed by atoms with Crippen molar-refractivity contribution in [3.8, 4) is 0 Å². The summed E-state index contributed by atoms with van der Waals surface area (Å²) in [6.45, 7) is 7.11. The number of hydrogen-bond acceptors (Lipinski definition) is 4. The van der Waals surface area contributed by atoms with E-state index in [0.29, 0.717) is 13.1 Å². The number of carbonyl (C=O) groups excluding carboxylic acids is 1. The van der Waals surface area contributed by atoms with Gasteiger partial charge in [0.1, 0.15) is 5.02 Å². The number of benzene rings is 1. The molecule has 1 fully saturated rings. The number of nitro groups is 1. The van der Waals surface area contributed by atoms with E-state index in [4.69, 9.17) is 11.6 Å². The highest BCUT2D eigenvalue weighted by atomic mass is 35.5. The Morgan fingerprint density at radius 3 is 2.76 bits per heavy atom. The maximum absolute atomic E-state index is 12.5. The van der Waals surface area contributed by atoms with E-state index in [1.165, 1.54) is 18.2 Å². The van der Waals surface area contributed by atoms with Gasteiger partial charge < -0.3 is 4.90 Å². The van der Waals surface area contributed by atoms with Crippen LogP contribution >= 0.6 is 11.6 Å². The molecule has 6 nitrogen and oxygen atoms in total. The molecule has 0 saturated carbocycles. The molecule has 0 bridgehead atoms. The number of nitrogens with zero attached hydrogens (tertiary/aromatic N) is 3. The quantitative estimate of drug-likeness (QED) is 0.635. The summed E-state index contributed by atoms with van der Waals surface area (Å²) in [4.78, 5) is 26.9. The maximum Gasteiger partial charge on any atom is 0.288 e. The van der Waals surface area contributed by atoms with Crippen LogP contribution in [0.3, 0.4) is 0 Å². The molecule has 1 saturated heterocycles. The predicted octanol–water partition coefficient (Wildman–Crippen LogP) is 2.41. The second kappa shape index (κ2) is 6.41. The molecule has 1 atom stereocenters. The van der Waals surface area contributed by atoms with Gasteiger partial charge >= 0.3 is 0 Å². The van der Waals surface area contributed by atoms with E-state index in [1.807, 2.05) is 0 Å². The molecule has 1 aliphatic rings. The largest absolute Gasteiger partial charge is 0.336 e. The summed E-state index contributed by atoms with van der Waals surface area (Å²) in [6.07, 6.45) is 0. The molecule has 21 heavy (non-hydrogen) atoms. The minimum Gasteiger partial charge on any atom is -0.336 e. The third kappa shape index (κ3) is 3.16.